The van der Waals surface area contributed by atoms with Crippen LogP contribution in [0.2, 0.25) is 0 Å². The van der Waals surface area contributed by atoms with E-state index < -0.39 is 0 Å². The normalized spacial score (nSPS) is 10.1. The van der Waals surface area contributed by atoms with Crippen LogP contribution in [0.15, 0.2) is 43.0 Å². The summed E-state index contributed by atoms with van der Waals surface area (Å²) in [6, 6.07) is 11.7. The standard InChI is InChI=1S/C15H15N3O/c1-2-7-18(8-9-19)15-13(11-16)10-12-5-3-4-6-14(12)17-15/h2-6,10,19H,1,7-9H2. The third-order valence-electron chi connectivity index (χ3n) is 2.84. The Morgan fingerprint density at radius 1 is 1.42 bits per heavy atom. The van der Waals surface area contributed by atoms with Crippen molar-refractivity contribution in [2.45, 2.75) is 0 Å². The molecule has 0 amide bonds. The summed E-state index contributed by atoms with van der Waals surface area (Å²) in [7, 11) is 0. The number of para-hydroxylation sites is 1. The van der Waals surface area contributed by atoms with Gasteiger partial charge in [0.15, 0.2) is 0 Å². The SMILES string of the molecule is C=CCN(CCO)c1nc2ccccc2cc1C#N. The summed E-state index contributed by atoms with van der Waals surface area (Å²) >= 11 is 0. The highest BCUT2D eigenvalue weighted by atomic mass is 16.3. The van der Waals surface area contributed by atoms with Crippen molar-refractivity contribution in [2.75, 3.05) is 24.6 Å². The van der Waals surface area contributed by atoms with Crippen molar-refractivity contribution in [3.63, 3.8) is 0 Å². The molecule has 0 aliphatic rings. The van der Waals surface area contributed by atoms with E-state index in [2.05, 4.69) is 17.6 Å². The fraction of sp³-hybridized carbons (Fsp3) is 0.200. The Bertz CT molecular complexity index is 631. The maximum atomic E-state index is 9.26. The van der Waals surface area contributed by atoms with E-state index in [0.717, 1.165) is 10.9 Å². The molecular weight excluding hydrogens is 238 g/mol. The molecule has 1 N–H and O–H groups in total. The number of nitriles is 1. The molecule has 0 aliphatic carbocycles. The number of hydrogen-bond donors (Lipinski definition) is 1. The van der Waals surface area contributed by atoms with E-state index in [0.29, 0.717) is 24.5 Å². The van der Waals surface area contributed by atoms with Crippen LogP contribution in [0.1, 0.15) is 5.56 Å². The molecule has 1 aromatic carbocycles. The lowest BCUT2D eigenvalue weighted by atomic mass is 10.1. The number of nitrogens with zero attached hydrogens (tertiary/aromatic N) is 3. The van der Waals surface area contributed by atoms with E-state index in [-0.39, 0.29) is 6.61 Å². The quantitative estimate of drug-likeness (QED) is 0.829. The fourth-order valence-electron chi connectivity index (χ4n) is 1.99. The molecule has 0 atom stereocenters. The number of rotatable bonds is 5. The average molecular weight is 253 g/mol. The topological polar surface area (TPSA) is 60.1 Å². The minimum absolute atomic E-state index is 0.00716. The van der Waals surface area contributed by atoms with Crippen LogP contribution < -0.4 is 4.90 Å². The number of aliphatic hydroxyl groups excluding tert-OH is 1. The smallest absolute Gasteiger partial charge is 0.147 e. The minimum Gasteiger partial charge on any atom is -0.395 e. The Labute approximate surface area is 112 Å². The van der Waals surface area contributed by atoms with Crippen LogP contribution in [0.25, 0.3) is 10.9 Å². The van der Waals surface area contributed by atoms with Crippen molar-refractivity contribution in [1.29, 1.82) is 5.26 Å². The van der Waals surface area contributed by atoms with Gasteiger partial charge in [-0.3, -0.25) is 0 Å². The van der Waals surface area contributed by atoms with Crippen LogP contribution in [0, 0.1) is 11.3 Å². The first-order valence-corrected chi connectivity index (χ1v) is 6.06. The second-order valence-electron chi connectivity index (χ2n) is 4.12. The largest absolute Gasteiger partial charge is 0.395 e. The Morgan fingerprint density at radius 3 is 2.89 bits per heavy atom. The molecule has 2 rings (SSSR count). The highest BCUT2D eigenvalue weighted by molar-refractivity contribution is 5.83. The second-order valence-corrected chi connectivity index (χ2v) is 4.12. The van der Waals surface area contributed by atoms with Crippen LogP contribution in [-0.2, 0) is 0 Å². The van der Waals surface area contributed by atoms with E-state index >= 15 is 0 Å². The fourth-order valence-corrected chi connectivity index (χ4v) is 1.99. The van der Waals surface area contributed by atoms with Crippen molar-refractivity contribution >= 4 is 16.7 Å². The maximum Gasteiger partial charge on any atom is 0.147 e. The zero-order valence-electron chi connectivity index (χ0n) is 10.6. The van der Waals surface area contributed by atoms with Gasteiger partial charge in [0.25, 0.3) is 0 Å². The first-order chi connectivity index (χ1) is 9.30. The lowest BCUT2D eigenvalue weighted by molar-refractivity contribution is 0.302. The van der Waals surface area contributed by atoms with Crippen LogP contribution in [0.5, 0.6) is 0 Å². The van der Waals surface area contributed by atoms with Gasteiger partial charge in [-0.1, -0.05) is 24.3 Å². The van der Waals surface area contributed by atoms with Crippen molar-refractivity contribution in [3.8, 4) is 6.07 Å². The summed E-state index contributed by atoms with van der Waals surface area (Å²) in [5.41, 5.74) is 1.34. The van der Waals surface area contributed by atoms with Crippen LogP contribution >= 0.6 is 0 Å². The Hall–Kier alpha value is -2.38. The number of pyridine rings is 1. The van der Waals surface area contributed by atoms with Gasteiger partial charge in [0.1, 0.15) is 11.9 Å². The molecule has 0 saturated heterocycles. The molecule has 0 saturated carbocycles. The summed E-state index contributed by atoms with van der Waals surface area (Å²) in [5, 5.41) is 19.3. The number of aliphatic hydroxyl groups is 1. The van der Waals surface area contributed by atoms with Gasteiger partial charge in [0.05, 0.1) is 17.7 Å². The molecule has 1 aromatic heterocycles. The zero-order valence-corrected chi connectivity index (χ0v) is 10.6. The molecule has 1 heterocycles. The van der Waals surface area contributed by atoms with Gasteiger partial charge in [-0.2, -0.15) is 5.26 Å². The third-order valence-corrected chi connectivity index (χ3v) is 2.84. The molecule has 0 bridgehead atoms. The van der Waals surface area contributed by atoms with Gasteiger partial charge < -0.3 is 10.0 Å². The average Bonchev–Trinajstić information content (AvgIpc) is 2.45. The predicted octanol–water partition coefficient (Wildman–Crippen LogP) is 2.09. The van der Waals surface area contributed by atoms with Crippen LogP contribution in [0.3, 0.4) is 0 Å². The van der Waals surface area contributed by atoms with E-state index in [1.807, 2.05) is 35.2 Å². The summed E-state index contributed by atoms with van der Waals surface area (Å²) in [4.78, 5) is 6.37. The van der Waals surface area contributed by atoms with Gasteiger partial charge in [-0.25, -0.2) is 4.98 Å². The summed E-state index contributed by atoms with van der Waals surface area (Å²) in [6.45, 7) is 4.66. The molecule has 0 radical (unpaired) electrons. The number of anilines is 1. The van der Waals surface area contributed by atoms with Gasteiger partial charge in [0, 0.05) is 18.5 Å². The highest BCUT2D eigenvalue weighted by Gasteiger charge is 2.12. The Balaban J connectivity index is 2.56. The summed E-state index contributed by atoms with van der Waals surface area (Å²) < 4.78 is 0. The number of hydrogen-bond acceptors (Lipinski definition) is 4. The van der Waals surface area contributed by atoms with Crippen molar-refractivity contribution in [2.24, 2.45) is 0 Å². The molecule has 19 heavy (non-hydrogen) atoms. The van der Waals surface area contributed by atoms with Gasteiger partial charge in [-0.05, 0) is 12.1 Å². The van der Waals surface area contributed by atoms with Crippen molar-refractivity contribution in [1.82, 2.24) is 4.98 Å². The molecule has 4 heteroatoms. The molecule has 0 fully saturated rings. The van der Waals surface area contributed by atoms with Crippen molar-refractivity contribution in [3.05, 3.63) is 48.6 Å². The monoisotopic (exact) mass is 253 g/mol. The number of aromatic nitrogens is 1. The van der Waals surface area contributed by atoms with Gasteiger partial charge >= 0.3 is 0 Å². The molecule has 96 valence electrons. The maximum absolute atomic E-state index is 9.26. The zero-order chi connectivity index (χ0) is 13.7. The number of fused-ring (bicyclic) bond motifs is 1. The van der Waals surface area contributed by atoms with E-state index in [9.17, 15) is 5.26 Å². The second kappa shape index (κ2) is 5.98. The molecular formula is C15H15N3O. The molecule has 4 nitrogen and oxygen atoms in total. The first-order valence-electron chi connectivity index (χ1n) is 6.06. The highest BCUT2D eigenvalue weighted by Crippen LogP contribution is 2.22. The summed E-state index contributed by atoms with van der Waals surface area (Å²) in [5.74, 6) is 0.593. The molecule has 0 aliphatic heterocycles. The molecule has 2 aromatic rings. The van der Waals surface area contributed by atoms with Gasteiger partial charge in [0.2, 0.25) is 0 Å². The Kier molecular flexibility index (Phi) is 4.11. The lowest BCUT2D eigenvalue weighted by Crippen LogP contribution is -2.28. The van der Waals surface area contributed by atoms with Crippen molar-refractivity contribution < 1.29 is 5.11 Å². The molecule has 0 spiro atoms. The number of benzene rings is 1. The first kappa shape index (κ1) is 13.1. The molecule has 0 unspecified atom stereocenters. The summed E-state index contributed by atoms with van der Waals surface area (Å²) in [6.07, 6.45) is 1.73. The van der Waals surface area contributed by atoms with Crippen LogP contribution in [-0.4, -0.2) is 29.8 Å². The van der Waals surface area contributed by atoms with E-state index in [1.54, 1.807) is 6.08 Å². The predicted molar refractivity (Wildman–Crippen MR) is 76.0 cm³/mol. The lowest BCUT2D eigenvalue weighted by Gasteiger charge is -2.22. The third kappa shape index (κ3) is 2.72. The Morgan fingerprint density at radius 2 is 2.21 bits per heavy atom. The van der Waals surface area contributed by atoms with E-state index in [4.69, 9.17) is 5.11 Å². The van der Waals surface area contributed by atoms with Crippen LogP contribution in [0.4, 0.5) is 5.82 Å². The van der Waals surface area contributed by atoms with E-state index in [1.165, 1.54) is 0 Å². The minimum atomic E-state index is 0.00716. The van der Waals surface area contributed by atoms with Gasteiger partial charge in [-0.15, -0.1) is 6.58 Å².